The largest absolute Gasteiger partial charge is 0.496 e. The maximum Gasteiger partial charge on any atom is 0.240 e. The molecule has 1 N–H and O–H groups in total. The van der Waals surface area contributed by atoms with Gasteiger partial charge in [0.25, 0.3) is 0 Å². The Morgan fingerprint density at radius 1 is 1.32 bits per heavy atom. The smallest absolute Gasteiger partial charge is 0.240 e. The van der Waals surface area contributed by atoms with E-state index < -0.39 is 10.0 Å². The third-order valence-corrected chi connectivity index (χ3v) is 5.83. The van der Waals surface area contributed by atoms with Gasteiger partial charge in [0.05, 0.1) is 12.0 Å². The Balaban J connectivity index is 2.13. The van der Waals surface area contributed by atoms with Gasteiger partial charge in [0, 0.05) is 19.2 Å². The van der Waals surface area contributed by atoms with Crippen LogP contribution >= 0.6 is 0 Å². The number of rotatable bonds is 5. The maximum absolute atomic E-state index is 12.6. The Labute approximate surface area is 133 Å². The number of methoxy groups -OCH3 is 1. The Hall–Kier alpha value is -1.11. The van der Waals surface area contributed by atoms with Crippen molar-refractivity contribution < 1.29 is 13.2 Å². The van der Waals surface area contributed by atoms with Crippen LogP contribution in [0.25, 0.3) is 0 Å². The highest BCUT2D eigenvalue weighted by atomic mass is 32.2. The van der Waals surface area contributed by atoms with Crippen LogP contribution in [0.4, 0.5) is 0 Å². The topological polar surface area (TPSA) is 58.6 Å². The van der Waals surface area contributed by atoms with Crippen LogP contribution in [-0.4, -0.2) is 47.1 Å². The standard InChI is InChI=1S/C16H26N2O3S/c1-12-8-13(2)16(9-15(12)21-4)22(19,20)17-10-14-6-5-7-18(3)11-14/h8-9,14,17H,5-7,10-11H2,1-4H3/t14-/m1/s1. The molecule has 0 unspecified atom stereocenters. The first-order valence-electron chi connectivity index (χ1n) is 7.67. The second kappa shape index (κ2) is 6.98. The highest BCUT2D eigenvalue weighted by Gasteiger charge is 2.22. The quantitative estimate of drug-likeness (QED) is 0.898. The van der Waals surface area contributed by atoms with Crippen molar-refractivity contribution in [3.63, 3.8) is 0 Å². The zero-order valence-corrected chi connectivity index (χ0v) is 14.7. The fourth-order valence-corrected chi connectivity index (χ4v) is 4.42. The minimum atomic E-state index is -3.51. The number of nitrogens with zero attached hydrogens (tertiary/aromatic N) is 1. The second-order valence-electron chi connectivity index (χ2n) is 6.21. The van der Waals surface area contributed by atoms with Gasteiger partial charge in [-0.25, -0.2) is 13.1 Å². The van der Waals surface area contributed by atoms with Gasteiger partial charge in [0.15, 0.2) is 0 Å². The lowest BCUT2D eigenvalue weighted by molar-refractivity contribution is 0.211. The molecule has 0 amide bonds. The van der Waals surface area contributed by atoms with E-state index in [2.05, 4.69) is 16.7 Å². The van der Waals surface area contributed by atoms with Crippen molar-refractivity contribution in [2.45, 2.75) is 31.6 Å². The first-order chi connectivity index (χ1) is 10.3. The van der Waals surface area contributed by atoms with Crippen LogP contribution in [0.15, 0.2) is 17.0 Å². The SMILES string of the molecule is COc1cc(S(=O)(=O)NC[C@H]2CCCN(C)C2)c(C)cc1C. The number of nitrogens with one attached hydrogen (secondary N) is 1. The zero-order valence-electron chi connectivity index (χ0n) is 13.8. The number of aryl methyl sites for hydroxylation is 2. The van der Waals surface area contributed by atoms with E-state index in [1.165, 1.54) is 0 Å². The summed E-state index contributed by atoms with van der Waals surface area (Å²) in [6.07, 6.45) is 2.20. The minimum absolute atomic E-state index is 0.305. The fraction of sp³-hybridized carbons (Fsp3) is 0.625. The first kappa shape index (κ1) is 17.2. The molecule has 2 rings (SSSR count). The molecule has 1 saturated heterocycles. The van der Waals surface area contributed by atoms with Crippen molar-refractivity contribution in [2.75, 3.05) is 33.8 Å². The van der Waals surface area contributed by atoms with E-state index in [4.69, 9.17) is 4.74 Å². The molecule has 1 aliphatic rings. The molecule has 0 saturated carbocycles. The molecule has 1 aromatic rings. The van der Waals surface area contributed by atoms with Gasteiger partial charge >= 0.3 is 0 Å². The first-order valence-corrected chi connectivity index (χ1v) is 9.15. The summed E-state index contributed by atoms with van der Waals surface area (Å²) in [7, 11) is 0.128. The van der Waals surface area contributed by atoms with Crippen LogP contribution in [0.2, 0.25) is 0 Å². The molecule has 1 atom stereocenters. The molecule has 124 valence electrons. The minimum Gasteiger partial charge on any atom is -0.496 e. The molecule has 0 spiro atoms. The lowest BCUT2D eigenvalue weighted by Gasteiger charge is -2.29. The predicted octanol–water partition coefficient (Wildman–Crippen LogP) is 1.93. The van der Waals surface area contributed by atoms with E-state index in [9.17, 15) is 8.42 Å². The lowest BCUT2D eigenvalue weighted by atomic mass is 9.99. The molecule has 1 heterocycles. The number of hydrogen-bond acceptors (Lipinski definition) is 4. The number of likely N-dealkylation sites (tertiary alicyclic amines) is 1. The number of benzene rings is 1. The van der Waals surface area contributed by atoms with Gasteiger partial charge in [0.2, 0.25) is 10.0 Å². The number of piperidine rings is 1. The van der Waals surface area contributed by atoms with E-state index >= 15 is 0 Å². The molecule has 0 aliphatic carbocycles. The van der Waals surface area contributed by atoms with Crippen LogP contribution in [0, 0.1) is 19.8 Å². The van der Waals surface area contributed by atoms with Gasteiger partial charge in [-0.2, -0.15) is 0 Å². The average molecular weight is 326 g/mol. The van der Waals surface area contributed by atoms with Gasteiger partial charge in [-0.3, -0.25) is 0 Å². The molecule has 0 aromatic heterocycles. The van der Waals surface area contributed by atoms with E-state index in [-0.39, 0.29) is 0 Å². The van der Waals surface area contributed by atoms with Crippen molar-refractivity contribution in [1.29, 1.82) is 0 Å². The van der Waals surface area contributed by atoms with Crippen LogP contribution in [0.3, 0.4) is 0 Å². The summed E-state index contributed by atoms with van der Waals surface area (Å²) in [6.45, 7) is 6.25. The van der Waals surface area contributed by atoms with Crippen molar-refractivity contribution >= 4 is 10.0 Å². The molecular weight excluding hydrogens is 300 g/mol. The molecular formula is C16H26N2O3S. The molecule has 0 bridgehead atoms. The number of sulfonamides is 1. The van der Waals surface area contributed by atoms with Gasteiger partial charge in [-0.05, 0) is 57.3 Å². The van der Waals surface area contributed by atoms with Crippen molar-refractivity contribution in [1.82, 2.24) is 9.62 Å². The average Bonchev–Trinajstić information content (AvgIpc) is 2.45. The lowest BCUT2D eigenvalue weighted by Crippen LogP contribution is -2.39. The monoisotopic (exact) mass is 326 g/mol. The summed E-state index contributed by atoms with van der Waals surface area (Å²) in [5.41, 5.74) is 1.68. The summed E-state index contributed by atoms with van der Waals surface area (Å²) < 4.78 is 33.2. The third kappa shape index (κ3) is 4.00. The highest BCUT2D eigenvalue weighted by molar-refractivity contribution is 7.89. The van der Waals surface area contributed by atoms with Gasteiger partial charge in [-0.15, -0.1) is 0 Å². The predicted molar refractivity (Wildman–Crippen MR) is 87.9 cm³/mol. The Morgan fingerprint density at radius 2 is 2.05 bits per heavy atom. The van der Waals surface area contributed by atoms with E-state index in [1.54, 1.807) is 13.2 Å². The van der Waals surface area contributed by atoms with E-state index in [0.717, 1.165) is 37.1 Å². The second-order valence-corrected chi connectivity index (χ2v) is 7.95. The molecule has 1 aliphatic heterocycles. The Kier molecular flexibility index (Phi) is 5.47. The summed E-state index contributed by atoms with van der Waals surface area (Å²) in [5, 5.41) is 0. The molecule has 6 heteroatoms. The van der Waals surface area contributed by atoms with Crippen LogP contribution < -0.4 is 9.46 Å². The summed E-state index contributed by atoms with van der Waals surface area (Å²) in [6, 6.07) is 3.46. The van der Waals surface area contributed by atoms with Gasteiger partial charge in [0.1, 0.15) is 5.75 Å². The normalized spacial score (nSPS) is 20.1. The highest BCUT2D eigenvalue weighted by Crippen LogP contribution is 2.26. The van der Waals surface area contributed by atoms with Gasteiger partial charge < -0.3 is 9.64 Å². The van der Waals surface area contributed by atoms with E-state index in [1.807, 2.05) is 19.9 Å². The molecule has 22 heavy (non-hydrogen) atoms. The zero-order chi connectivity index (χ0) is 16.3. The van der Waals surface area contributed by atoms with E-state index in [0.29, 0.717) is 23.1 Å². The molecule has 0 radical (unpaired) electrons. The summed E-state index contributed by atoms with van der Waals surface area (Å²) >= 11 is 0. The Bertz CT molecular complexity index is 629. The fourth-order valence-electron chi connectivity index (χ4n) is 3.07. The third-order valence-electron chi connectivity index (χ3n) is 4.27. The van der Waals surface area contributed by atoms with Crippen molar-refractivity contribution in [2.24, 2.45) is 5.92 Å². The number of ether oxygens (including phenoxy) is 1. The summed E-state index contributed by atoms with van der Waals surface area (Å²) in [5.74, 6) is 0.976. The van der Waals surface area contributed by atoms with Crippen LogP contribution in [0.1, 0.15) is 24.0 Å². The maximum atomic E-state index is 12.6. The molecule has 1 fully saturated rings. The van der Waals surface area contributed by atoms with Crippen LogP contribution in [-0.2, 0) is 10.0 Å². The van der Waals surface area contributed by atoms with Crippen molar-refractivity contribution in [3.8, 4) is 5.75 Å². The summed E-state index contributed by atoms with van der Waals surface area (Å²) in [4.78, 5) is 2.56. The molecule has 1 aromatic carbocycles. The van der Waals surface area contributed by atoms with Gasteiger partial charge in [-0.1, -0.05) is 6.07 Å². The Morgan fingerprint density at radius 3 is 2.68 bits per heavy atom. The van der Waals surface area contributed by atoms with Crippen molar-refractivity contribution in [3.05, 3.63) is 23.3 Å². The number of hydrogen-bond donors (Lipinski definition) is 1. The molecule has 5 nitrogen and oxygen atoms in total. The van der Waals surface area contributed by atoms with Crippen LogP contribution in [0.5, 0.6) is 5.75 Å².